The molecule has 0 spiro atoms. The quantitative estimate of drug-likeness (QED) is 0.888. The number of methoxy groups -OCH3 is 1. The number of para-hydroxylation sites is 4. The SMILES string of the molecule is COc1ccccc1NC(=O)N1c2ccccc2NC(=O)C[C@H]1C. The summed E-state index contributed by atoms with van der Waals surface area (Å²) in [7, 11) is 1.55. The number of hydrogen-bond acceptors (Lipinski definition) is 3. The molecular weight excluding hydrogens is 306 g/mol. The minimum absolute atomic E-state index is 0.109. The third-order valence-electron chi connectivity index (χ3n) is 3.93. The zero-order chi connectivity index (χ0) is 17.1. The molecule has 2 aromatic carbocycles. The molecule has 1 heterocycles. The molecule has 0 saturated heterocycles. The van der Waals surface area contributed by atoms with Gasteiger partial charge >= 0.3 is 6.03 Å². The van der Waals surface area contributed by atoms with Crippen molar-refractivity contribution in [1.82, 2.24) is 0 Å². The lowest BCUT2D eigenvalue weighted by atomic mass is 10.2. The standard InChI is InChI=1S/C18H19N3O3/c1-12-11-17(22)19-13-7-3-5-9-15(13)21(12)18(23)20-14-8-4-6-10-16(14)24-2/h3-10,12H,11H2,1-2H3,(H,19,22)(H,20,23)/t12-/m1/s1. The molecule has 0 radical (unpaired) electrons. The first-order valence-corrected chi connectivity index (χ1v) is 7.72. The number of amides is 3. The smallest absolute Gasteiger partial charge is 0.326 e. The average Bonchev–Trinajstić information content (AvgIpc) is 2.69. The lowest BCUT2D eigenvalue weighted by Crippen LogP contribution is -2.41. The van der Waals surface area contributed by atoms with Gasteiger partial charge in [-0.05, 0) is 31.2 Å². The molecule has 0 fully saturated rings. The number of urea groups is 1. The molecule has 2 aromatic rings. The van der Waals surface area contributed by atoms with E-state index < -0.39 is 0 Å². The van der Waals surface area contributed by atoms with Crippen molar-refractivity contribution in [3.8, 4) is 5.75 Å². The van der Waals surface area contributed by atoms with E-state index in [1.807, 2.05) is 37.3 Å². The Morgan fingerprint density at radius 3 is 2.71 bits per heavy atom. The number of nitrogens with one attached hydrogen (secondary N) is 2. The first kappa shape index (κ1) is 15.9. The zero-order valence-corrected chi connectivity index (χ0v) is 13.6. The van der Waals surface area contributed by atoms with E-state index in [1.165, 1.54) is 0 Å². The second-order valence-corrected chi connectivity index (χ2v) is 5.62. The lowest BCUT2D eigenvalue weighted by Gasteiger charge is -2.28. The van der Waals surface area contributed by atoms with Gasteiger partial charge in [0.15, 0.2) is 0 Å². The topological polar surface area (TPSA) is 70.7 Å². The van der Waals surface area contributed by atoms with Gasteiger partial charge in [-0.1, -0.05) is 24.3 Å². The summed E-state index contributed by atoms with van der Waals surface area (Å²) in [5, 5.41) is 5.71. The van der Waals surface area contributed by atoms with Crippen LogP contribution >= 0.6 is 0 Å². The molecular formula is C18H19N3O3. The van der Waals surface area contributed by atoms with Crippen LogP contribution in [0.4, 0.5) is 21.9 Å². The maximum atomic E-state index is 12.9. The summed E-state index contributed by atoms with van der Waals surface area (Å²) in [6.07, 6.45) is 0.230. The van der Waals surface area contributed by atoms with Crippen LogP contribution in [0.3, 0.4) is 0 Å². The number of rotatable bonds is 2. The number of carbonyl (C=O) groups is 2. The fourth-order valence-corrected chi connectivity index (χ4v) is 2.82. The van der Waals surface area contributed by atoms with Crippen molar-refractivity contribution >= 4 is 29.0 Å². The lowest BCUT2D eigenvalue weighted by molar-refractivity contribution is -0.116. The van der Waals surface area contributed by atoms with Crippen molar-refractivity contribution in [1.29, 1.82) is 0 Å². The fourth-order valence-electron chi connectivity index (χ4n) is 2.82. The van der Waals surface area contributed by atoms with Crippen LogP contribution in [0.5, 0.6) is 5.75 Å². The summed E-state index contributed by atoms with van der Waals surface area (Å²) >= 11 is 0. The Kier molecular flexibility index (Phi) is 4.37. The molecule has 6 nitrogen and oxygen atoms in total. The summed E-state index contributed by atoms with van der Waals surface area (Å²) in [6.45, 7) is 1.85. The van der Waals surface area contributed by atoms with Crippen molar-refractivity contribution in [2.24, 2.45) is 0 Å². The second-order valence-electron chi connectivity index (χ2n) is 5.62. The number of nitrogens with zero attached hydrogens (tertiary/aromatic N) is 1. The van der Waals surface area contributed by atoms with Crippen LogP contribution in [0.1, 0.15) is 13.3 Å². The van der Waals surface area contributed by atoms with E-state index in [9.17, 15) is 9.59 Å². The molecule has 124 valence electrons. The van der Waals surface area contributed by atoms with Crippen molar-refractivity contribution in [3.63, 3.8) is 0 Å². The van der Waals surface area contributed by atoms with Gasteiger partial charge in [0.1, 0.15) is 5.75 Å². The maximum Gasteiger partial charge on any atom is 0.326 e. The molecule has 3 rings (SSSR count). The van der Waals surface area contributed by atoms with Gasteiger partial charge in [0, 0.05) is 12.5 Å². The van der Waals surface area contributed by atoms with Crippen LogP contribution in [0.15, 0.2) is 48.5 Å². The molecule has 0 unspecified atom stereocenters. The summed E-state index contributed by atoms with van der Waals surface area (Å²) in [5.74, 6) is 0.471. The first-order chi connectivity index (χ1) is 11.6. The highest BCUT2D eigenvalue weighted by Crippen LogP contribution is 2.32. The van der Waals surface area contributed by atoms with E-state index in [0.29, 0.717) is 22.8 Å². The Morgan fingerprint density at radius 2 is 1.92 bits per heavy atom. The minimum Gasteiger partial charge on any atom is -0.495 e. The predicted molar refractivity (Wildman–Crippen MR) is 93.6 cm³/mol. The molecule has 3 amide bonds. The second kappa shape index (κ2) is 6.62. The molecule has 24 heavy (non-hydrogen) atoms. The molecule has 0 saturated carbocycles. The van der Waals surface area contributed by atoms with Gasteiger partial charge in [-0.2, -0.15) is 0 Å². The summed E-state index contributed by atoms with van der Waals surface area (Å²) < 4.78 is 5.27. The number of anilines is 3. The van der Waals surface area contributed by atoms with Gasteiger partial charge in [-0.3, -0.25) is 9.69 Å². The number of hydrogen-bond donors (Lipinski definition) is 2. The molecule has 1 aliphatic heterocycles. The normalized spacial score (nSPS) is 16.7. The van der Waals surface area contributed by atoms with Crippen LogP contribution < -0.4 is 20.3 Å². The Balaban J connectivity index is 1.94. The summed E-state index contributed by atoms with van der Waals surface area (Å²) in [6, 6.07) is 13.9. The highest BCUT2D eigenvalue weighted by Gasteiger charge is 2.29. The third-order valence-corrected chi connectivity index (χ3v) is 3.93. The van der Waals surface area contributed by atoms with Gasteiger partial charge in [0.05, 0.1) is 24.2 Å². The van der Waals surface area contributed by atoms with Gasteiger partial charge in [-0.15, -0.1) is 0 Å². The van der Waals surface area contributed by atoms with Crippen molar-refractivity contribution in [2.45, 2.75) is 19.4 Å². The van der Waals surface area contributed by atoms with E-state index in [0.717, 1.165) is 0 Å². The summed E-state index contributed by atoms with van der Waals surface area (Å²) in [4.78, 5) is 26.5. The third kappa shape index (κ3) is 3.03. The van der Waals surface area contributed by atoms with Crippen LogP contribution in [-0.4, -0.2) is 25.1 Å². The van der Waals surface area contributed by atoms with Crippen LogP contribution in [0, 0.1) is 0 Å². The van der Waals surface area contributed by atoms with Crippen molar-refractivity contribution in [3.05, 3.63) is 48.5 Å². The van der Waals surface area contributed by atoms with E-state index >= 15 is 0 Å². The minimum atomic E-state index is -0.309. The monoisotopic (exact) mass is 325 g/mol. The Bertz CT molecular complexity index is 776. The molecule has 6 heteroatoms. The molecule has 1 atom stereocenters. The molecule has 0 aromatic heterocycles. The van der Waals surface area contributed by atoms with E-state index in [-0.39, 0.29) is 24.4 Å². The first-order valence-electron chi connectivity index (χ1n) is 7.72. The van der Waals surface area contributed by atoms with Crippen LogP contribution in [0.2, 0.25) is 0 Å². The molecule has 2 N–H and O–H groups in total. The number of benzene rings is 2. The number of carbonyl (C=O) groups excluding carboxylic acids is 2. The van der Waals surface area contributed by atoms with Crippen molar-refractivity contribution < 1.29 is 14.3 Å². The number of fused-ring (bicyclic) bond motifs is 1. The maximum absolute atomic E-state index is 12.9. The van der Waals surface area contributed by atoms with Gasteiger partial charge < -0.3 is 15.4 Å². The van der Waals surface area contributed by atoms with Gasteiger partial charge in [0.25, 0.3) is 0 Å². The molecule has 0 aliphatic carbocycles. The Labute approximate surface area is 140 Å². The van der Waals surface area contributed by atoms with Crippen LogP contribution in [-0.2, 0) is 4.79 Å². The largest absolute Gasteiger partial charge is 0.495 e. The Morgan fingerprint density at radius 1 is 1.21 bits per heavy atom. The van der Waals surface area contributed by atoms with E-state index in [4.69, 9.17) is 4.74 Å². The predicted octanol–water partition coefficient (Wildman–Crippen LogP) is 3.46. The van der Waals surface area contributed by atoms with E-state index in [1.54, 1.807) is 30.2 Å². The highest BCUT2D eigenvalue weighted by molar-refractivity contribution is 6.08. The highest BCUT2D eigenvalue weighted by atomic mass is 16.5. The zero-order valence-electron chi connectivity index (χ0n) is 13.6. The summed E-state index contributed by atoms with van der Waals surface area (Å²) in [5.41, 5.74) is 1.88. The number of ether oxygens (including phenoxy) is 1. The molecule has 1 aliphatic rings. The van der Waals surface area contributed by atoms with Crippen LogP contribution in [0.25, 0.3) is 0 Å². The van der Waals surface area contributed by atoms with Gasteiger partial charge in [0.2, 0.25) is 5.91 Å². The average molecular weight is 325 g/mol. The molecule has 0 bridgehead atoms. The van der Waals surface area contributed by atoms with E-state index in [2.05, 4.69) is 10.6 Å². The Hall–Kier alpha value is -3.02. The van der Waals surface area contributed by atoms with Gasteiger partial charge in [-0.25, -0.2) is 4.79 Å². The fraction of sp³-hybridized carbons (Fsp3) is 0.222. The van der Waals surface area contributed by atoms with Crippen molar-refractivity contribution in [2.75, 3.05) is 22.6 Å².